The van der Waals surface area contributed by atoms with E-state index in [-0.39, 0.29) is 36.9 Å². The number of fused-ring (bicyclic) bond motifs is 2. The first-order valence-corrected chi connectivity index (χ1v) is 17.7. The van der Waals surface area contributed by atoms with E-state index in [1.54, 1.807) is 0 Å². The number of aryl methyl sites for hydroxylation is 4. The van der Waals surface area contributed by atoms with Crippen molar-refractivity contribution in [1.82, 2.24) is 0 Å². The van der Waals surface area contributed by atoms with E-state index in [0.29, 0.717) is 29.4 Å². The van der Waals surface area contributed by atoms with Gasteiger partial charge in [0, 0.05) is 0 Å². The molecule has 5 rings (SSSR count). The van der Waals surface area contributed by atoms with Crippen LogP contribution in [0, 0.1) is 27.7 Å². The molecule has 238 valence electrons. The third-order valence-electron chi connectivity index (χ3n) is 6.76. The van der Waals surface area contributed by atoms with Gasteiger partial charge < -0.3 is 19.7 Å². The van der Waals surface area contributed by atoms with Crippen molar-refractivity contribution in [2.45, 2.75) is 41.5 Å². The Labute approximate surface area is 322 Å². The molecule has 1 aliphatic rings. The SMILES string of the molecule is CC(=Nc1c(C)cccc1C)C(C)=Nc1c(C)cccc1C.[Ni+2].[O-]c1c([O-])c(Br)c2c(c1Br)Oc1c(Br)c(Br)c(Br)c(Br)c1O2. The Hall–Kier alpha value is -1.21. The van der Waals surface area contributed by atoms with E-state index in [4.69, 9.17) is 19.5 Å². The Morgan fingerprint density at radius 3 is 1.07 bits per heavy atom. The summed E-state index contributed by atoms with van der Waals surface area (Å²) in [6.07, 6.45) is 0. The molecule has 13 heteroatoms. The molecule has 0 aromatic heterocycles. The van der Waals surface area contributed by atoms with Crippen molar-refractivity contribution >= 4 is 118 Å². The van der Waals surface area contributed by atoms with Gasteiger partial charge in [0.05, 0.1) is 49.6 Å². The van der Waals surface area contributed by atoms with Gasteiger partial charge in [-0.3, -0.25) is 9.98 Å². The summed E-state index contributed by atoms with van der Waals surface area (Å²) in [6.45, 7) is 12.4. The van der Waals surface area contributed by atoms with E-state index < -0.39 is 11.5 Å². The van der Waals surface area contributed by atoms with Crippen molar-refractivity contribution in [3.8, 4) is 34.5 Å². The van der Waals surface area contributed by atoms with Crippen molar-refractivity contribution in [3.63, 3.8) is 0 Å². The maximum absolute atomic E-state index is 11.9. The number of hydrogen-bond acceptors (Lipinski definition) is 6. The second-order valence-corrected chi connectivity index (χ2v) is 14.7. The number of para-hydroxylation sites is 2. The zero-order valence-corrected chi connectivity index (χ0v) is 35.1. The fraction of sp³-hybridized carbons (Fsp3) is 0.188. The molecule has 0 amide bonds. The maximum atomic E-state index is 11.9. The number of ether oxygens (including phenoxy) is 2. The third kappa shape index (κ3) is 7.93. The third-order valence-corrected chi connectivity index (χ3v) is 12.9. The molecule has 0 unspecified atom stereocenters. The van der Waals surface area contributed by atoms with Crippen LogP contribution < -0.4 is 19.7 Å². The van der Waals surface area contributed by atoms with Crippen LogP contribution in [0.25, 0.3) is 0 Å². The van der Waals surface area contributed by atoms with Crippen molar-refractivity contribution in [2.75, 3.05) is 0 Å². The molecule has 1 aliphatic heterocycles. The second kappa shape index (κ2) is 15.8. The van der Waals surface area contributed by atoms with Gasteiger partial charge in [0.15, 0.2) is 23.0 Å². The summed E-state index contributed by atoms with van der Waals surface area (Å²) in [7, 11) is 0. The Bertz CT molecular complexity index is 1640. The molecule has 0 bridgehead atoms. The van der Waals surface area contributed by atoms with Crippen LogP contribution in [0.2, 0.25) is 0 Å². The first kappa shape index (κ1) is 38.2. The van der Waals surface area contributed by atoms with Gasteiger partial charge in [0.25, 0.3) is 0 Å². The van der Waals surface area contributed by atoms with Crippen LogP contribution in [-0.2, 0) is 16.5 Å². The summed E-state index contributed by atoms with van der Waals surface area (Å²) in [5.41, 5.74) is 8.80. The van der Waals surface area contributed by atoms with E-state index in [2.05, 4.69) is 160 Å². The Balaban J connectivity index is 0.000000240. The van der Waals surface area contributed by atoms with Crippen LogP contribution in [0.4, 0.5) is 11.4 Å². The summed E-state index contributed by atoms with van der Waals surface area (Å²) in [6, 6.07) is 12.5. The molecular weight excluding hydrogens is 1010 g/mol. The van der Waals surface area contributed by atoms with Gasteiger partial charge in [-0.1, -0.05) is 47.9 Å². The molecule has 0 radical (unpaired) electrons. The van der Waals surface area contributed by atoms with Gasteiger partial charge in [0.2, 0.25) is 0 Å². The monoisotopic (exact) mass is 1030 g/mol. The molecule has 0 saturated carbocycles. The number of benzene rings is 4. The number of halogens is 6. The fourth-order valence-corrected chi connectivity index (χ4v) is 7.32. The zero-order valence-electron chi connectivity index (χ0n) is 24.6. The van der Waals surface area contributed by atoms with Crippen LogP contribution in [0.1, 0.15) is 36.1 Å². The van der Waals surface area contributed by atoms with E-state index >= 15 is 0 Å². The number of aliphatic imine (C=N–C) groups is 2. The predicted molar refractivity (Wildman–Crippen MR) is 195 cm³/mol. The molecular formula is C32H24Br6N2NiO4. The molecule has 0 N–H and O–H groups in total. The van der Waals surface area contributed by atoms with Crippen molar-refractivity contribution in [1.29, 1.82) is 0 Å². The molecule has 0 atom stereocenters. The normalized spacial score (nSPS) is 12.2. The molecule has 1 heterocycles. The minimum atomic E-state index is -0.705. The Kier molecular flexibility index (Phi) is 13.4. The summed E-state index contributed by atoms with van der Waals surface area (Å²) >= 11 is 19.8. The molecule has 0 spiro atoms. The van der Waals surface area contributed by atoms with Gasteiger partial charge in [-0.15, -0.1) is 0 Å². The summed E-state index contributed by atoms with van der Waals surface area (Å²) in [5.74, 6) is -0.370. The van der Waals surface area contributed by atoms with Crippen LogP contribution in [0.5, 0.6) is 34.5 Å². The van der Waals surface area contributed by atoms with Gasteiger partial charge in [0.1, 0.15) is 0 Å². The summed E-state index contributed by atoms with van der Waals surface area (Å²) in [4.78, 5) is 9.60. The van der Waals surface area contributed by atoms with Gasteiger partial charge in [-0.25, -0.2) is 0 Å². The standard InChI is InChI=1S/C20H24N2.C12H2Br6O4.Ni/c1-13-9-7-10-14(2)19(13)21-17(5)18(6)22-20-15(3)11-8-12-16(20)4;13-1-2(14)4(16)10-9(3(1)15)21-11-5(17)7(19)8(20)6(18)12(11)22-10;/h7-12H,1-6H3;19-20H;/q;;+2/p-2. The number of hydrogen-bond donors (Lipinski definition) is 0. The topological polar surface area (TPSA) is 89.3 Å². The predicted octanol–water partition coefficient (Wildman–Crippen LogP) is 12.1. The van der Waals surface area contributed by atoms with Crippen LogP contribution in [0.15, 0.2) is 73.2 Å². The van der Waals surface area contributed by atoms with Crippen LogP contribution >= 0.6 is 95.6 Å². The largest absolute Gasteiger partial charge is 2.00 e. The van der Waals surface area contributed by atoms with E-state index in [1.807, 2.05) is 13.8 Å². The van der Waals surface area contributed by atoms with Crippen molar-refractivity contribution in [2.24, 2.45) is 9.98 Å². The summed E-state index contributed by atoms with van der Waals surface area (Å²) in [5, 5.41) is 23.8. The smallest absolute Gasteiger partial charge is 0.872 e. The van der Waals surface area contributed by atoms with E-state index in [9.17, 15) is 10.2 Å². The molecule has 45 heavy (non-hydrogen) atoms. The van der Waals surface area contributed by atoms with Gasteiger partial charge in [-0.05, 0) is 159 Å². The van der Waals surface area contributed by atoms with Gasteiger partial charge >= 0.3 is 16.5 Å². The zero-order chi connectivity index (χ0) is 32.6. The average Bonchev–Trinajstić information content (AvgIpc) is 3.00. The molecule has 4 aromatic rings. The number of nitrogens with zero attached hydrogens (tertiary/aromatic N) is 2. The molecule has 0 aliphatic carbocycles. The van der Waals surface area contributed by atoms with E-state index in [0.717, 1.165) is 22.8 Å². The fourth-order valence-electron chi connectivity index (χ4n) is 4.23. The van der Waals surface area contributed by atoms with Gasteiger partial charge in [-0.2, -0.15) is 0 Å². The average molecular weight is 1040 g/mol. The first-order valence-electron chi connectivity index (χ1n) is 13.0. The van der Waals surface area contributed by atoms with E-state index in [1.165, 1.54) is 22.3 Å². The maximum Gasteiger partial charge on any atom is 2.00 e. The quantitative estimate of drug-likeness (QED) is 0.0779. The molecule has 0 fully saturated rings. The molecule has 4 aromatic carbocycles. The number of rotatable bonds is 3. The minimum Gasteiger partial charge on any atom is -0.872 e. The van der Waals surface area contributed by atoms with Crippen LogP contribution in [0.3, 0.4) is 0 Å². The molecule has 0 saturated heterocycles. The second-order valence-electron chi connectivity index (χ2n) is 9.94. The Morgan fingerprint density at radius 1 is 0.511 bits per heavy atom. The first-order chi connectivity index (χ1) is 20.6. The van der Waals surface area contributed by atoms with Crippen LogP contribution in [-0.4, -0.2) is 11.4 Å². The van der Waals surface area contributed by atoms with Crippen molar-refractivity contribution < 1.29 is 36.2 Å². The van der Waals surface area contributed by atoms with Crippen molar-refractivity contribution in [3.05, 3.63) is 85.5 Å². The minimum absolute atomic E-state index is 0. The Morgan fingerprint density at radius 2 is 0.778 bits per heavy atom. The molecule has 6 nitrogen and oxygen atoms in total. The summed E-state index contributed by atoms with van der Waals surface area (Å²) < 4.78 is 14.3.